The zero-order chi connectivity index (χ0) is 14.5. The normalized spacial score (nSPS) is 21.0. The first-order valence-electron chi connectivity index (χ1n) is 7.35. The third-order valence-electron chi connectivity index (χ3n) is 4.08. The molecule has 1 fully saturated rings. The van der Waals surface area contributed by atoms with Crippen LogP contribution in [0.5, 0.6) is 0 Å². The maximum atomic E-state index is 12.6. The SMILES string of the molecule is CC(C(=O)N1CCNC[C@H]1C)N(C)Cc1ccccc1. The second-order valence-electron chi connectivity index (χ2n) is 5.66. The molecular weight excluding hydrogens is 250 g/mol. The van der Waals surface area contributed by atoms with Gasteiger partial charge in [0, 0.05) is 32.2 Å². The molecule has 110 valence electrons. The fourth-order valence-electron chi connectivity index (χ4n) is 2.61. The average Bonchev–Trinajstić information content (AvgIpc) is 2.47. The van der Waals surface area contributed by atoms with Crippen molar-refractivity contribution in [2.75, 3.05) is 26.7 Å². The van der Waals surface area contributed by atoms with Crippen molar-refractivity contribution in [1.29, 1.82) is 0 Å². The quantitative estimate of drug-likeness (QED) is 0.900. The Labute approximate surface area is 121 Å². The zero-order valence-electron chi connectivity index (χ0n) is 12.7. The number of nitrogens with one attached hydrogen (secondary N) is 1. The summed E-state index contributed by atoms with van der Waals surface area (Å²) in [7, 11) is 2.02. The summed E-state index contributed by atoms with van der Waals surface area (Å²) in [5.41, 5.74) is 1.24. The Morgan fingerprint density at radius 1 is 1.45 bits per heavy atom. The van der Waals surface area contributed by atoms with Crippen LogP contribution in [-0.2, 0) is 11.3 Å². The highest BCUT2D eigenvalue weighted by Crippen LogP contribution is 2.11. The molecule has 2 atom stereocenters. The molecule has 1 aliphatic rings. The predicted octanol–water partition coefficient (Wildman–Crippen LogP) is 1.33. The summed E-state index contributed by atoms with van der Waals surface area (Å²) < 4.78 is 0. The van der Waals surface area contributed by atoms with Crippen LogP contribution in [0.4, 0.5) is 0 Å². The minimum absolute atomic E-state index is 0.0873. The third-order valence-corrected chi connectivity index (χ3v) is 4.08. The fourth-order valence-corrected chi connectivity index (χ4v) is 2.61. The molecule has 4 nitrogen and oxygen atoms in total. The van der Waals surface area contributed by atoms with Gasteiger partial charge in [-0.2, -0.15) is 0 Å². The molecule has 1 unspecified atom stereocenters. The molecule has 0 aliphatic carbocycles. The Bertz CT molecular complexity index is 435. The molecule has 0 radical (unpaired) electrons. The molecule has 1 aromatic rings. The topological polar surface area (TPSA) is 35.6 Å². The van der Waals surface area contributed by atoms with Gasteiger partial charge in [0.2, 0.25) is 5.91 Å². The predicted molar refractivity (Wildman–Crippen MR) is 81.4 cm³/mol. The minimum Gasteiger partial charge on any atom is -0.336 e. The number of amides is 1. The molecule has 1 aliphatic heterocycles. The van der Waals surface area contributed by atoms with Gasteiger partial charge >= 0.3 is 0 Å². The molecular formula is C16H25N3O. The summed E-state index contributed by atoms with van der Waals surface area (Å²) in [5, 5.41) is 3.32. The number of nitrogens with zero attached hydrogens (tertiary/aromatic N) is 2. The van der Waals surface area contributed by atoms with Gasteiger partial charge in [0.05, 0.1) is 6.04 Å². The van der Waals surface area contributed by atoms with Gasteiger partial charge in [0.25, 0.3) is 0 Å². The Kier molecular flexibility index (Phi) is 5.15. The van der Waals surface area contributed by atoms with E-state index in [1.54, 1.807) is 0 Å². The summed E-state index contributed by atoms with van der Waals surface area (Å²) in [6.45, 7) is 7.50. The number of hydrogen-bond donors (Lipinski definition) is 1. The number of piperazine rings is 1. The number of likely N-dealkylation sites (N-methyl/N-ethyl adjacent to an activating group) is 1. The van der Waals surface area contributed by atoms with Gasteiger partial charge in [-0.25, -0.2) is 0 Å². The van der Waals surface area contributed by atoms with Crippen LogP contribution in [0.2, 0.25) is 0 Å². The largest absolute Gasteiger partial charge is 0.336 e. The molecule has 1 amide bonds. The van der Waals surface area contributed by atoms with Crippen LogP contribution < -0.4 is 5.32 Å². The Morgan fingerprint density at radius 3 is 2.80 bits per heavy atom. The highest BCUT2D eigenvalue weighted by molar-refractivity contribution is 5.81. The maximum Gasteiger partial charge on any atom is 0.239 e. The lowest BCUT2D eigenvalue weighted by molar-refractivity contribution is -0.139. The Balaban J connectivity index is 1.95. The fraction of sp³-hybridized carbons (Fsp3) is 0.562. The van der Waals surface area contributed by atoms with Crippen LogP contribution in [0.15, 0.2) is 30.3 Å². The molecule has 0 spiro atoms. The van der Waals surface area contributed by atoms with Crippen LogP contribution in [0.1, 0.15) is 19.4 Å². The number of benzene rings is 1. The van der Waals surface area contributed by atoms with Gasteiger partial charge in [-0.15, -0.1) is 0 Å². The van der Waals surface area contributed by atoms with Gasteiger partial charge in [-0.05, 0) is 26.5 Å². The first-order valence-corrected chi connectivity index (χ1v) is 7.35. The second-order valence-corrected chi connectivity index (χ2v) is 5.66. The van der Waals surface area contributed by atoms with Crippen molar-refractivity contribution in [3.8, 4) is 0 Å². The highest BCUT2D eigenvalue weighted by atomic mass is 16.2. The molecule has 1 saturated heterocycles. The van der Waals surface area contributed by atoms with E-state index in [1.165, 1.54) is 5.56 Å². The minimum atomic E-state index is -0.0873. The molecule has 20 heavy (non-hydrogen) atoms. The van der Waals surface area contributed by atoms with E-state index in [4.69, 9.17) is 0 Å². The molecule has 1 heterocycles. The maximum absolute atomic E-state index is 12.6. The van der Waals surface area contributed by atoms with Crippen LogP contribution in [0.25, 0.3) is 0 Å². The van der Waals surface area contributed by atoms with Gasteiger partial charge < -0.3 is 10.2 Å². The molecule has 0 aromatic heterocycles. The van der Waals surface area contributed by atoms with Crippen LogP contribution in [0, 0.1) is 0 Å². The van der Waals surface area contributed by atoms with Crippen molar-refractivity contribution < 1.29 is 4.79 Å². The van der Waals surface area contributed by atoms with Crippen molar-refractivity contribution in [2.45, 2.75) is 32.5 Å². The van der Waals surface area contributed by atoms with E-state index in [0.717, 1.165) is 26.2 Å². The lowest BCUT2D eigenvalue weighted by Crippen LogP contribution is -2.56. The summed E-state index contributed by atoms with van der Waals surface area (Å²) in [4.78, 5) is 16.7. The van der Waals surface area contributed by atoms with Crippen molar-refractivity contribution in [3.05, 3.63) is 35.9 Å². The van der Waals surface area contributed by atoms with Crippen molar-refractivity contribution in [2.24, 2.45) is 0 Å². The molecule has 0 saturated carbocycles. The van der Waals surface area contributed by atoms with E-state index in [2.05, 4.69) is 29.3 Å². The third kappa shape index (κ3) is 3.58. The molecule has 1 N–H and O–H groups in total. The van der Waals surface area contributed by atoms with E-state index < -0.39 is 0 Å². The number of carbonyl (C=O) groups is 1. The number of carbonyl (C=O) groups excluding carboxylic acids is 1. The lowest BCUT2D eigenvalue weighted by Gasteiger charge is -2.37. The Hall–Kier alpha value is -1.39. The number of rotatable bonds is 4. The Morgan fingerprint density at radius 2 is 2.15 bits per heavy atom. The number of hydrogen-bond acceptors (Lipinski definition) is 3. The van der Waals surface area contributed by atoms with Crippen LogP contribution in [0.3, 0.4) is 0 Å². The van der Waals surface area contributed by atoms with Crippen molar-refractivity contribution in [3.63, 3.8) is 0 Å². The van der Waals surface area contributed by atoms with Gasteiger partial charge in [-0.3, -0.25) is 9.69 Å². The highest BCUT2D eigenvalue weighted by Gasteiger charge is 2.28. The van der Waals surface area contributed by atoms with Crippen LogP contribution >= 0.6 is 0 Å². The van der Waals surface area contributed by atoms with E-state index in [-0.39, 0.29) is 18.0 Å². The molecule has 1 aromatic carbocycles. The smallest absolute Gasteiger partial charge is 0.239 e. The standard InChI is InChI=1S/C16H25N3O/c1-13-11-17-9-10-19(13)16(20)14(2)18(3)12-15-7-5-4-6-8-15/h4-8,13-14,17H,9-12H2,1-3H3/t13-,14?/m1/s1. The zero-order valence-corrected chi connectivity index (χ0v) is 12.7. The average molecular weight is 275 g/mol. The van der Waals surface area contributed by atoms with Crippen LogP contribution in [-0.4, -0.2) is 54.5 Å². The lowest BCUT2D eigenvalue weighted by atomic mass is 10.1. The summed E-state index contributed by atoms with van der Waals surface area (Å²) in [6, 6.07) is 10.5. The summed E-state index contributed by atoms with van der Waals surface area (Å²) in [6.07, 6.45) is 0. The van der Waals surface area contributed by atoms with Crippen molar-refractivity contribution >= 4 is 5.91 Å². The monoisotopic (exact) mass is 275 g/mol. The summed E-state index contributed by atoms with van der Waals surface area (Å²) in [5.74, 6) is 0.234. The molecule has 0 bridgehead atoms. The van der Waals surface area contributed by atoms with Gasteiger partial charge in [0.1, 0.15) is 0 Å². The van der Waals surface area contributed by atoms with E-state index in [1.807, 2.05) is 37.1 Å². The summed E-state index contributed by atoms with van der Waals surface area (Å²) >= 11 is 0. The first-order chi connectivity index (χ1) is 9.59. The first kappa shape index (κ1) is 15.0. The van der Waals surface area contributed by atoms with E-state index >= 15 is 0 Å². The van der Waals surface area contributed by atoms with Gasteiger partial charge in [0.15, 0.2) is 0 Å². The molecule has 2 rings (SSSR count). The van der Waals surface area contributed by atoms with Gasteiger partial charge in [-0.1, -0.05) is 30.3 Å². The van der Waals surface area contributed by atoms with E-state index in [0.29, 0.717) is 0 Å². The molecule has 4 heteroatoms. The second kappa shape index (κ2) is 6.86. The van der Waals surface area contributed by atoms with E-state index in [9.17, 15) is 4.79 Å². The van der Waals surface area contributed by atoms with Crippen molar-refractivity contribution in [1.82, 2.24) is 15.1 Å².